The molecule has 3 saturated heterocycles. The Bertz CT molecular complexity index is 782. The molecular weight excluding hydrogens is 515 g/mol. The van der Waals surface area contributed by atoms with Gasteiger partial charge in [0.2, 0.25) is 0 Å². The zero-order chi connectivity index (χ0) is 23.3. The number of nitrogens with zero attached hydrogens (tertiary/aromatic N) is 1. The van der Waals surface area contributed by atoms with Crippen molar-refractivity contribution in [3.8, 4) is 11.1 Å². The predicted molar refractivity (Wildman–Crippen MR) is 154 cm³/mol. The number of rotatable bonds is 2. The fourth-order valence-corrected chi connectivity index (χ4v) is 3.66. The Morgan fingerprint density at radius 3 is 1.56 bits per heavy atom. The maximum Gasteiger partial charge on any atom is 0.145 e. The smallest absolute Gasteiger partial charge is 0.145 e. The summed E-state index contributed by atoms with van der Waals surface area (Å²) >= 11 is 0. The van der Waals surface area contributed by atoms with Crippen LogP contribution in [-0.2, 0) is 4.74 Å². The molecule has 2 aromatic rings. The highest BCUT2D eigenvalue weighted by Crippen LogP contribution is 2.52. The Labute approximate surface area is 216 Å². The van der Waals surface area contributed by atoms with Gasteiger partial charge in [-0.15, -0.1) is 0 Å². The van der Waals surface area contributed by atoms with Crippen molar-refractivity contribution >= 4 is 70.8 Å². The molecule has 0 unspecified atom stereocenters. The van der Waals surface area contributed by atoms with Gasteiger partial charge in [0.15, 0.2) is 0 Å². The molecule has 0 aromatic heterocycles. The summed E-state index contributed by atoms with van der Waals surface area (Å²) < 4.78 is 7.02. The van der Waals surface area contributed by atoms with Gasteiger partial charge in [0, 0.05) is 19.6 Å². The van der Waals surface area contributed by atoms with Gasteiger partial charge < -0.3 is 9.84 Å². The maximum atomic E-state index is 11.2. The van der Waals surface area contributed by atoms with Gasteiger partial charge in [-0.05, 0) is 36.1 Å². The van der Waals surface area contributed by atoms with Crippen LogP contribution in [0.15, 0.2) is 53.5 Å². The van der Waals surface area contributed by atoms with Crippen molar-refractivity contribution in [1.29, 1.82) is 0 Å². The molecule has 0 amide bonds. The van der Waals surface area contributed by atoms with Crippen LogP contribution >= 0.6 is 64.8 Å². The van der Waals surface area contributed by atoms with Crippen LogP contribution < -0.4 is 5.11 Å². The molecule has 0 atom stereocenters. The molecule has 3 heterocycles. The number of hydrogen-bond acceptors (Lipinski definition) is 9. The summed E-state index contributed by atoms with van der Waals surface area (Å²) in [5.74, 6) is 0.109. The lowest BCUT2D eigenvalue weighted by Gasteiger charge is -2.20. The van der Waals surface area contributed by atoms with Crippen LogP contribution in [0.5, 0.6) is 0 Å². The molecule has 9 heteroatoms. The molecule has 1 aliphatic carbocycles. The van der Waals surface area contributed by atoms with Crippen molar-refractivity contribution < 1.29 is 9.84 Å². The molecule has 6 rings (SSSR count). The lowest BCUT2D eigenvalue weighted by Crippen LogP contribution is -2.23. The predicted octanol–water partition coefficient (Wildman–Crippen LogP) is 7.98. The monoisotopic (exact) mass is 544 g/mol. The first kappa shape index (κ1) is 28.1. The van der Waals surface area contributed by atoms with Gasteiger partial charge in [-0.2, -0.15) is 0 Å². The number of aliphatic imine (C=N–C) groups is 1. The normalized spacial score (nSPS) is 17.3. The Balaban J connectivity index is 0.000000224. The van der Waals surface area contributed by atoms with E-state index in [-0.39, 0.29) is 5.92 Å². The third-order valence-electron chi connectivity index (χ3n) is 4.21. The largest absolute Gasteiger partial charge is 0.599 e. The SMILES string of the molecule is C1SS1.CC.CC1SS1.CC1SS1.CN=C([O-])OCC1c2ccccc2-c2ccccc21. The standard InChI is InChI=1S/C16H15NO2.2C2H4S2.C2H6.CH2S2/c1-17-16(18)19-10-15-13-8-4-2-6-11(13)12-7-3-5-9-14(12)15;2*1-2-3-4-2;1-2;1-2-3-1/h2-9,15H,10H2,1H3,(H,17,18);2*2H,1H3;1-2H3;1H2/p-1. The number of ether oxygens (including phenoxy) is 1. The van der Waals surface area contributed by atoms with Gasteiger partial charge in [0.1, 0.15) is 6.08 Å². The second kappa shape index (κ2) is 15.7. The average Bonchev–Trinajstić information content (AvgIpc) is 3.67. The summed E-state index contributed by atoms with van der Waals surface area (Å²) in [6.45, 7) is 8.74. The topological polar surface area (TPSA) is 44.7 Å². The van der Waals surface area contributed by atoms with Crippen molar-refractivity contribution in [2.24, 2.45) is 4.99 Å². The highest BCUT2D eigenvalue weighted by molar-refractivity contribution is 8.93. The van der Waals surface area contributed by atoms with Crippen LogP contribution in [0.2, 0.25) is 0 Å². The van der Waals surface area contributed by atoms with E-state index < -0.39 is 6.08 Å². The van der Waals surface area contributed by atoms with E-state index in [1.807, 2.05) is 103 Å². The summed E-state index contributed by atoms with van der Waals surface area (Å²) in [5, 5.41) is 12.5. The van der Waals surface area contributed by atoms with E-state index in [4.69, 9.17) is 4.74 Å². The Hall–Kier alpha value is -0.190. The summed E-state index contributed by atoms with van der Waals surface area (Å²) in [6.07, 6.45) is -0.512. The second-order valence-electron chi connectivity index (χ2n) is 6.40. The lowest BCUT2D eigenvalue weighted by atomic mass is 9.98. The van der Waals surface area contributed by atoms with Crippen molar-refractivity contribution in [2.75, 3.05) is 18.7 Å². The van der Waals surface area contributed by atoms with Gasteiger partial charge in [-0.3, -0.25) is 4.99 Å². The fourth-order valence-electron chi connectivity index (χ4n) is 2.77. The van der Waals surface area contributed by atoms with Gasteiger partial charge in [0.05, 0.1) is 14.2 Å². The van der Waals surface area contributed by atoms with Crippen LogP contribution in [0.1, 0.15) is 44.7 Å². The Morgan fingerprint density at radius 2 is 1.25 bits per heavy atom. The Kier molecular flexibility index (Phi) is 13.7. The lowest BCUT2D eigenvalue weighted by molar-refractivity contribution is -0.250. The van der Waals surface area contributed by atoms with Crippen LogP contribution in [-0.4, -0.2) is 34.0 Å². The highest BCUT2D eigenvalue weighted by atomic mass is 33.2. The second-order valence-corrected chi connectivity index (χ2v) is 15.7. The van der Waals surface area contributed by atoms with E-state index in [0.29, 0.717) is 6.61 Å². The first-order valence-electron chi connectivity index (χ1n) is 10.4. The molecular formula is C23H30NO2S6-. The van der Waals surface area contributed by atoms with Gasteiger partial charge in [-0.25, -0.2) is 0 Å². The zero-order valence-corrected chi connectivity index (χ0v) is 23.9. The van der Waals surface area contributed by atoms with Gasteiger partial charge in [-0.1, -0.05) is 127 Å². The van der Waals surface area contributed by atoms with Crippen molar-refractivity contribution in [3.63, 3.8) is 0 Å². The molecule has 0 saturated carbocycles. The molecule has 3 fully saturated rings. The van der Waals surface area contributed by atoms with Crippen LogP contribution in [0.3, 0.4) is 0 Å². The average molecular weight is 545 g/mol. The Morgan fingerprint density at radius 1 is 0.875 bits per heavy atom. The van der Waals surface area contributed by atoms with E-state index in [1.54, 1.807) is 0 Å². The van der Waals surface area contributed by atoms with Crippen molar-refractivity contribution in [3.05, 3.63) is 59.7 Å². The minimum Gasteiger partial charge on any atom is -0.599 e. The quantitative estimate of drug-likeness (QED) is 0.163. The third-order valence-corrected chi connectivity index (χ3v) is 9.78. The zero-order valence-electron chi connectivity index (χ0n) is 19.0. The molecule has 0 radical (unpaired) electrons. The fraction of sp³-hybridized carbons (Fsp3) is 0.435. The van der Waals surface area contributed by atoms with Crippen molar-refractivity contribution in [1.82, 2.24) is 0 Å². The van der Waals surface area contributed by atoms with E-state index in [2.05, 4.69) is 43.1 Å². The molecule has 0 N–H and O–H groups in total. The summed E-state index contributed by atoms with van der Waals surface area (Å²) in [5.41, 5.74) is 4.89. The van der Waals surface area contributed by atoms with Crippen LogP contribution in [0.25, 0.3) is 11.1 Å². The molecule has 0 bridgehead atoms. The van der Waals surface area contributed by atoms with Crippen molar-refractivity contribution in [2.45, 2.75) is 42.8 Å². The molecule has 0 spiro atoms. The third kappa shape index (κ3) is 10.8. The molecule has 2 aromatic carbocycles. The first-order chi connectivity index (χ1) is 15.6. The van der Waals surface area contributed by atoms with E-state index in [9.17, 15) is 5.11 Å². The van der Waals surface area contributed by atoms with E-state index in [0.717, 1.165) is 9.16 Å². The molecule has 4 aliphatic rings. The molecule has 3 nitrogen and oxygen atoms in total. The highest BCUT2D eigenvalue weighted by Gasteiger charge is 2.26. The summed E-state index contributed by atoms with van der Waals surface area (Å²) in [4.78, 5) is 3.50. The molecule has 176 valence electrons. The van der Waals surface area contributed by atoms with Gasteiger partial charge in [0.25, 0.3) is 0 Å². The van der Waals surface area contributed by atoms with E-state index >= 15 is 0 Å². The number of benzene rings is 2. The maximum absolute atomic E-state index is 11.2. The minimum absolute atomic E-state index is 0.109. The molecule has 32 heavy (non-hydrogen) atoms. The molecule has 3 aliphatic heterocycles. The first-order valence-corrected chi connectivity index (χ1v) is 17.5. The minimum atomic E-state index is -0.512. The summed E-state index contributed by atoms with van der Waals surface area (Å²) in [7, 11) is 13.0. The summed E-state index contributed by atoms with van der Waals surface area (Å²) in [6, 6.07) is 16.5. The van der Waals surface area contributed by atoms with Crippen LogP contribution in [0.4, 0.5) is 0 Å². The number of hydrogen-bond donors (Lipinski definition) is 0. The van der Waals surface area contributed by atoms with Gasteiger partial charge >= 0.3 is 0 Å². The van der Waals surface area contributed by atoms with Crippen LogP contribution in [0, 0.1) is 0 Å². The number of fused-ring (bicyclic) bond motifs is 3. The van der Waals surface area contributed by atoms with E-state index in [1.165, 1.54) is 34.4 Å².